The topological polar surface area (TPSA) is 43.1 Å². The average molecular weight is 183 g/mol. The molecule has 0 atom stereocenters. The van der Waals surface area contributed by atoms with Gasteiger partial charge in [-0.2, -0.15) is 0 Å². The molecule has 0 bridgehead atoms. The zero-order valence-corrected chi connectivity index (χ0v) is 9.56. The van der Waals surface area contributed by atoms with Gasteiger partial charge in [0.2, 0.25) is 5.91 Å². The van der Waals surface area contributed by atoms with Crippen LogP contribution in [0.2, 0.25) is 0 Å². The Hall–Kier alpha value is -0.790. The van der Waals surface area contributed by atoms with E-state index >= 15 is 0 Å². The van der Waals surface area contributed by atoms with Crippen molar-refractivity contribution in [1.82, 2.24) is 0 Å². The normalized spacial score (nSPS) is 14.5. The van der Waals surface area contributed by atoms with Crippen molar-refractivity contribution in [3.05, 3.63) is 11.6 Å². The Morgan fingerprint density at radius 3 is 1.54 bits per heavy atom. The molecule has 2 N–H and O–H groups in total. The minimum absolute atomic E-state index is 0.00234. The van der Waals surface area contributed by atoms with Gasteiger partial charge in [0, 0.05) is 5.57 Å². The number of rotatable bonds is 1. The first kappa shape index (κ1) is 12.2. The van der Waals surface area contributed by atoms with Crippen molar-refractivity contribution >= 4 is 5.91 Å². The molecule has 0 heterocycles. The van der Waals surface area contributed by atoms with Crippen molar-refractivity contribution in [1.29, 1.82) is 0 Å². The third-order valence-electron chi connectivity index (χ3n) is 1.65. The van der Waals surface area contributed by atoms with E-state index in [2.05, 4.69) is 20.8 Å². The maximum Gasteiger partial charge on any atom is 0.244 e. The van der Waals surface area contributed by atoms with E-state index in [-0.39, 0.29) is 16.7 Å². The lowest BCUT2D eigenvalue weighted by Crippen LogP contribution is -2.26. The fraction of sp³-hybridized carbons (Fsp3) is 0.727. The minimum atomic E-state index is -0.317. The number of hydrogen-bond acceptors (Lipinski definition) is 1. The van der Waals surface area contributed by atoms with Crippen LogP contribution in [0.4, 0.5) is 0 Å². The van der Waals surface area contributed by atoms with Crippen LogP contribution in [0.1, 0.15) is 41.5 Å². The van der Waals surface area contributed by atoms with Gasteiger partial charge in [-0.25, -0.2) is 0 Å². The molecule has 0 aliphatic rings. The molecule has 0 rings (SSSR count). The van der Waals surface area contributed by atoms with Crippen molar-refractivity contribution < 1.29 is 4.79 Å². The predicted molar refractivity (Wildman–Crippen MR) is 56.2 cm³/mol. The van der Waals surface area contributed by atoms with Gasteiger partial charge in [0.1, 0.15) is 0 Å². The summed E-state index contributed by atoms with van der Waals surface area (Å²) in [6.45, 7) is 12.2. The van der Waals surface area contributed by atoms with Crippen LogP contribution in [0.25, 0.3) is 0 Å². The summed E-state index contributed by atoms with van der Waals surface area (Å²) in [5.74, 6) is -0.317. The molecule has 0 aromatic carbocycles. The molecular formula is C11H21NO. The van der Waals surface area contributed by atoms with Crippen molar-refractivity contribution in [3.8, 4) is 0 Å². The fourth-order valence-electron chi connectivity index (χ4n) is 1.09. The van der Waals surface area contributed by atoms with Gasteiger partial charge in [0.15, 0.2) is 0 Å². The maximum absolute atomic E-state index is 11.2. The highest BCUT2D eigenvalue weighted by Gasteiger charge is 2.23. The molecule has 0 fully saturated rings. The van der Waals surface area contributed by atoms with Gasteiger partial charge in [-0.15, -0.1) is 0 Å². The van der Waals surface area contributed by atoms with E-state index in [4.69, 9.17) is 5.73 Å². The summed E-state index contributed by atoms with van der Waals surface area (Å²) in [5.41, 5.74) is 5.86. The summed E-state index contributed by atoms with van der Waals surface area (Å²) in [6, 6.07) is 0. The van der Waals surface area contributed by atoms with Gasteiger partial charge < -0.3 is 5.73 Å². The lowest BCUT2D eigenvalue weighted by atomic mass is 9.81. The molecular weight excluding hydrogens is 162 g/mol. The van der Waals surface area contributed by atoms with E-state index in [0.717, 1.165) is 0 Å². The molecule has 76 valence electrons. The minimum Gasteiger partial charge on any atom is -0.366 e. The summed E-state index contributed by atoms with van der Waals surface area (Å²) < 4.78 is 0. The molecule has 1 amide bonds. The summed E-state index contributed by atoms with van der Waals surface area (Å²) in [6.07, 6.45) is 1.95. The van der Waals surface area contributed by atoms with Crippen molar-refractivity contribution in [2.24, 2.45) is 16.6 Å². The summed E-state index contributed by atoms with van der Waals surface area (Å²) in [5, 5.41) is 0. The Kier molecular flexibility index (Phi) is 3.31. The summed E-state index contributed by atoms with van der Waals surface area (Å²) >= 11 is 0. The highest BCUT2D eigenvalue weighted by Crippen LogP contribution is 2.29. The van der Waals surface area contributed by atoms with E-state index in [9.17, 15) is 4.79 Å². The van der Waals surface area contributed by atoms with E-state index in [1.807, 2.05) is 26.8 Å². The van der Waals surface area contributed by atoms with Crippen LogP contribution >= 0.6 is 0 Å². The predicted octanol–water partition coefficient (Wildman–Crippen LogP) is 2.49. The molecule has 0 spiro atoms. The van der Waals surface area contributed by atoms with Gasteiger partial charge in [0.25, 0.3) is 0 Å². The second kappa shape index (κ2) is 3.52. The second-order valence-corrected chi connectivity index (χ2v) is 5.54. The molecule has 0 unspecified atom stereocenters. The van der Waals surface area contributed by atoms with Crippen LogP contribution in [0.3, 0.4) is 0 Å². The Morgan fingerprint density at radius 1 is 1.08 bits per heavy atom. The third-order valence-corrected chi connectivity index (χ3v) is 1.65. The quantitative estimate of drug-likeness (QED) is 0.623. The monoisotopic (exact) mass is 183 g/mol. The van der Waals surface area contributed by atoms with E-state index in [1.165, 1.54) is 0 Å². The highest BCUT2D eigenvalue weighted by molar-refractivity contribution is 5.93. The van der Waals surface area contributed by atoms with Crippen LogP contribution in [0.5, 0.6) is 0 Å². The van der Waals surface area contributed by atoms with Crippen LogP contribution < -0.4 is 5.73 Å². The zero-order valence-electron chi connectivity index (χ0n) is 9.56. The van der Waals surface area contributed by atoms with Gasteiger partial charge >= 0.3 is 0 Å². The molecule has 0 aromatic heterocycles. The van der Waals surface area contributed by atoms with Crippen LogP contribution in [0.15, 0.2) is 11.6 Å². The number of hydrogen-bond donors (Lipinski definition) is 1. The van der Waals surface area contributed by atoms with Gasteiger partial charge in [-0.1, -0.05) is 47.6 Å². The first-order valence-electron chi connectivity index (χ1n) is 4.57. The summed E-state index contributed by atoms with van der Waals surface area (Å²) in [7, 11) is 0. The maximum atomic E-state index is 11.2. The fourth-order valence-corrected chi connectivity index (χ4v) is 1.09. The molecule has 0 aliphatic carbocycles. The van der Waals surface area contributed by atoms with Crippen molar-refractivity contribution in [2.75, 3.05) is 0 Å². The van der Waals surface area contributed by atoms with Crippen LogP contribution in [0, 0.1) is 10.8 Å². The molecule has 2 nitrogen and oxygen atoms in total. The standard InChI is InChI=1S/C11H21NO/c1-10(2,3)7-8(9(12)13)11(4,5)6/h7H,1-6H3,(H2,12,13). The number of primary amides is 1. The van der Waals surface area contributed by atoms with E-state index in [0.29, 0.717) is 5.57 Å². The lowest BCUT2D eigenvalue weighted by Gasteiger charge is -2.24. The first-order valence-corrected chi connectivity index (χ1v) is 4.57. The molecule has 13 heavy (non-hydrogen) atoms. The average Bonchev–Trinajstić information content (AvgIpc) is 1.77. The van der Waals surface area contributed by atoms with Crippen molar-refractivity contribution in [3.63, 3.8) is 0 Å². The van der Waals surface area contributed by atoms with Crippen molar-refractivity contribution in [2.45, 2.75) is 41.5 Å². The SMILES string of the molecule is CC(C)(C)C=C(C(N)=O)C(C)(C)C. The highest BCUT2D eigenvalue weighted by atomic mass is 16.1. The number of carbonyl (C=O) groups excluding carboxylic acids is 1. The largest absolute Gasteiger partial charge is 0.366 e. The molecule has 0 saturated carbocycles. The number of allylic oxidation sites excluding steroid dienone is 1. The number of amides is 1. The number of nitrogens with two attached hydrogens (primary N) is 1. The second-order valence-electron chi connectivity index (χ2n) is 5.54. The Morgan fingerprint density at radius 2 is 1.46 bits per heavy atom. The molecule has 2 heteroatoms. The van der Waals surface area contributed by atoms with E-state index in [1.54, 1.807) is 0 Å². The zero-order chi connectivity index (χ0) is 10.9. The molecule has 0 aromatic rings. The Balaban J connectivity index is 5.06. The Bertz CT molecular complexity index is 225. The van der Waals surface area contributed by atoms with E-state index < -0.39 is 0 Å². The van der Waals surface area contributed by atoms with Crippen LogP contribution in [-0.2, 0) is 4.79 Å². The third kappa shape index (κ3) is 4.71. The van der Waals surface area contributed by atoms with Crippen LogP contribution in [-0.4, -0.2) is 5.91 Å². The molecule has 0 saturated heterocycles. The molecule has 0 aliphatic heterocycles. The smallest absolute Gasteiger partial charge is 0.244 e. The Labute approximate surface area is 81.2 Å². The first-order chi connectivity index (χ1) is 5.54. The number of carbonyl (C=O) groups is 1. The molecule has 0 radical (unpaired) electrons. The summed E-state index contributed by atoms with van der Waals surface area (Å²) in [4.78, 5) is 11.2. The lowest BCUT2D eigenvalue weighted by molar-refractivity contribution is -0.115. The van der Waals surface area contributed by atoms with Gasteiger partial charge in [0.05, 0.1) is 0 Å². The van der Waals surface area contributed by atoms with Gasteiger partial charge in [-0.05, 0) is 10.8 Å². The van der Waals surface area contributed by atoms with Gasteiger partial charge in [-0.3, -0.25) is 4.79 Å².